The fourth-order valence-electron chi connectivity index (χ4n) is 6.01. The van der Waals surface area contributed by atoms with Gasteiger partial charge in [-0.2, -0.15) is 4.39 Å². The van der Waals surface area contributed by atoms with Gasteiger partial charge in [0.2, 0.25) is 11.5 Å². The molecule has 0 unspecified atom stereocenters. The highest BCUT2D eigenvalue weighted by molar-refractivity contribution is 6.30. The molecule has 2 aliphatic heterocycles. The van der Waals surface area contributed by atoms with Crippen LogP contribution in [0, 0.1) is 5.95 Å². The van der Waals surface area contributed by atoms with E-state index in [0.29, 0.717) is 23.7 Å². The molecule has 2 aromatic carbocycles. The lowest BCUT2D eigenvalue weighted by atomic mass is 9.74. The summed E-state index contributed by atoms with van der Waals surface area (Å²) in [7, 11) is 0. The molecule has 214 valence electrons. The number of hydrogen-bond donors (Lipinski definition) is 2. The standard InChI is InChI=1S/C33H31ClFN5O2/c34-27-6-3-23(4-7-27)2-1-17-39(21-24-9-13-37-30(35)18-24)32(42)40-22-33(11-15-36-16-12-33)28-19-25(5-8-29(28)40)26-10-14-38-31(41)20-26/h1-10,13-14,18-20,36H,11-12,15-17,21-22H2,(H,38,41). The third-order valence-corrected chi connectivity index (χ3v) is 8.41. The molecule has 0 saturated carbocycles. The van der Waals surface area contributed by atoms with Crippen LogP contribution < -0.4 is 15.8 Å². The lowest BCUT2D eigenvalue weighted by Gasteiger charge is -2.35. The molecule has 1 fully saturated rings. The maximum absolute atomic E-state index is 14.3. The van der Waals surface area contributed by atoms with Gasteiger partial charge in [-0.3, -0.25) is 9.69 Å². The number of halogens is 2. The highest BCUT2D eigenvalue weighted by atomic mass is 35.5. The number of carbonyl (C=O) groups is 1. The van der Waals surface area contributed by atoms with Gasteiger partial charge in [0.1, 0.15) is 0 Å². The number of rotatable bonds is 6. The van der Waals surface area contributed by atoms with E-state index in [0.717, 1.165) is 53.9 Å². The van der Waals surface area contributed by atoms with Crippen molar-refractivity contribution in [3.05, 3.63) is 123 Å². The van der Waals surface area contributed by atoms with E-state index >= 15 is 0 Å². The van der Waals surface area contributed by atoms with Crippen molar-refractivity contribution < 1.29 is 9.18 Å². The van der Waals surface area contributed by atoms with E-state index in [1.165, 1.54) is 12.3 Å². The quantitative estimate of drug-likeness (QED) is 0.273. The van der Waals surface area contributed by atoms with Gasteiger partial charge in [0.25, 0.3) is 0 Å². The van der Waals surface area contributed by atoms with Crippen LogP contribution in [0.4, 0.5) is 14.9 Å². The van der Waals surface area contributed by atoms with Crippen LogP contribution in [0.25, 0.3) is 17.2 Å². The molecule has 4 aromatic rings. The van der Waals surface area contributed by atoms with Gasteiger partial charge in [-0.15, -0.1) is 0 Å². The van der Waals surface area contributed by atoms with Crippen molar-refractivity contribution in [2.45, 2.75) is 24.8 Å². The number of hydrogen-bond acceptors (Lipinski definition) is 4. The van der Waals surface area contributed by atoms with Crippen LogP contribution in [0.3, 0.4) is 0 Å². The average molecular weight is 584 g/mol. The zero-order valence-electron chi connectivity index (χ0n) is 23.0. The maximum Gasteiger partial charge on any atom is 0.325 e. The molecule has 7 nitrogen and oxygen atoms in total. The predicted molar refractivity (Wildman–Crippen MR) is 164 cm³/mol. The van der Waals surface area contributed by atoms with Crippen LogP contribution in [0.5, 0.6) is 0 Å². The second kappa shape index (κ2) is 11.9. The Bertz CT molecular complexity index is 1680. The molecule has 2 aromatic heterocycles. The first-order valence-electron chi connectivity index (χ1n) is 14.0. The van der Waals surface area contributed by atoms with Crippen molar-refractivity contribution in [2.75, 3.05) is 31.1 Å². The van der Waals surface area contributed by atoms with Gasteiger partial charge in [-0.25, -0.2) is 9.78 Å². The van der Waals surface area contributed by atoms with Crippen LogP contribution in [0.15, 0.2) is 90.0 Å². The van der Waals surface area contributed by atoms with E-state index in [4.69, 9.17) is 11.6 Å². The highest BCUT2D eigenvalue weighted by Gasteiger charge is 2.46. The fourth-order valence-corrected chi connectivity index (χ4v) is 6.13. The molecule has 1 saturated heterocycles. The van der Waals surface area contributed by atoms with Gasteiger partial charge in [-0.1, -0.05) is 42.0 Å². The Balaban J connectivity index is 1.34. The molecule has 0 aliphatic carbocycles. The molecule has 2 N–H and O–H groups in total. The molecule has 0 bridgehead atoms. The molecule has 2 amide bonds. The van der Waals surface area contributed by atoms with Gasteiger partial charge < -0.3 is 15.2 Å². The number of H-pyrrole nitrogens is 1. The van der Waals surface area contributed by atoms with E-state index in [1.807, 2.05) is 59.5 Å². The van der Waals surface area contributed by atoms with Crippen LogP contribution in [0.2, 0.25) is 5.02 Å². The second-order valence-electron chi connectivity index (χ2n) is 10.9. The molecule has 2 aliphatic rings. The molecule has 0 radical (unpaired) electrons. The average Bonchev–Trinajstić information content (AvgIpc) is 3.30. The van der Waals surface area contributed by atoms with E-state index < -0.39 is 5.95 Å². The summed E-state index contributed by atoms with van der Waals surface area (Å²) in [5.74, 6) is -0.580. The van der Waals surface area contributed by atoms with E-state index in [2.05, 4.69) is 21.4 Å². The number of carbonyl (C=O) groups excluding carboxylic acids is 1. The van der Waals surface area contributed by atoms with Crippen molar-refractivity contribution in [2.24, 2.45) is 0 Å². The molecular weight excluding hydrogens is 553 g/mol. The fraction of sp³-hybridized carbons (Fsp3) is 0.242. The number of nitrogens with one attached hydrogen (secondary N) is 2. The second-order valence-corrected chi connectivity index (χ2v) is 11.3. The monoisotopic (exact) mass is 583 g/mol. The van der Waals surface area contributed by atoms with Crippen molar-refractivity contribution in [1.29, 1.82) is 0 Å². The Kier molecular flexibility index (Phi) is 7.91. The largest absolute Gasteiger partial charge is 0.329 e. The number of fused-ring (bicyclic) bond motifs is 2. The summed E-state index contributed by atoms with van der Waals surface area (Å²) in [5.41, 5.74) is 5.07. The Morgan fingerprint density at radius 3 is 2.60 bits per heavy atom. The number of aromatic amines is 1. The minimum atomic E-state index is -0.580. The van der Waals surface area contributed by atoms with Crippen molar-refractivity contribution >= 4 is 29.4 Å². The van der Waals surface area contributed by atoms with E-state index in [1.54, 1.807) is 23.2 Å². The van der Waals surface area contributed by atoms with Crippen LogP contribution in [-0.2, 0) is 12.0 Å². The summed E-state index contributed by atoms with van der Waals surface area (Å²) in [6.07, 6.45) is 8.75. The van der Waals surface area contributed by atoms with Crippen LogP contribution in [-0.4, -0.2) is 47.1 Å². The summed E-state index contributed by atoms with van der Waals surface area (Å²) in [6, 6.07) is 20.0. The Labute approximate surface area is 248 Å². The van der Waals surface area contributed by atoms with Crippen LogP contribution in [0.1, 0.15) is 29.5 Å². The van der Waals surface area contributed by atoms with Crippen molar-refractivity contribution in [3.8, 4) is 11.1 Å². The molecule has 0 atom stereocenters. The number of amides is 2. The highest BCUT2D eigenvalue weighted by Crippen LogP contribution is 2.47. The summed E-state index contributed by atoms with van der Waals surface area (Å²) >= 11 is 6.03. The Morgan fingerprint density at radius 2 is 1.83 bits per heavy atom. The number of benzene rings is 2. The number of aromatic nitrogens is 2. The first kappa shape index (κ1) is 27.9. The van der Waals surface area contributed by atoms with Gasteiger partial charge in [0.05, 0.1) is 0 Å². The minimum absolute atomic E-state index is 0.145. The van der Waals surface area contributed by atoms with Gasteiger partial charge in [0, 0.05) is 54.2 Å². The van der Waals surface area contributed by atoms with Crippen molar-refractivity contribution in [1.82, 2.24) is 20.2 Å². The molecule has 1 spiro atoms. The number of urea groups is 1. The summed E-state index contributed by atoms with van der Waals surface area (Å²) in [6.45, 7) is 2.84. The third-order valence-electron chi connectivity index (χ3n) is 8.16. The zero-order chi connectivity index (χ0) is 29.1. The van der Waals surface area contributed by atoms with Gasteiger partial charge in [0.15, 0.2) is 0 Å². The third kappa shape index (κ3) is 5.86. The van der Waals surface area contributed by atoms with Gasteiger partial charge in [-0.05, 0) is 96.2 Å². The molecule has 4 heterocycles. The zero-order valence-corrected chi connectivity index (χ0v) is 23.8. The van der Waals surface area contributed by atoms with Gasteiger partial charge >= 0.3 is 6.03 Å². The van der Waals surface area contributed by atoms with Crippen LogP contribution >= 0.6 is 11.6 Å². The first-order valence-corrected chi connectivity index (χ1v) is 14.4. The van der Waals surface area contributed by atoms with Crippen molar-refractivity contribution in [3.63, 3.8) is 0 Å². The topological polar surface area (TPSA) is 81.3 Å². The minimum Gasteiger partial charge on any atom is -0.329 e. The number of pyridine rings is 2. The Morgan fingerprint density at radius 1 is 1.05 bits per heavy atom. The summed E-state index contributed by atoms with van der Waals surface area (Å²) in [5, 5.41) is 4.11. The maximum atomic E-state index is 14.3. The SMILES string of the molecule is O=C(N(CC=Cc1ccc(Cl)cc1)Cc1ccnc(F)c1)N1CC2(CCNCC2)c2cc(-c3cc[nH]c(=O)c3)ccc21. The number of piperidine rings is 1. The molecule has 6 rings (SSSR count). The lowest BCUT2D eigenvalue weighted by Crippen LogP contribution is -2.47. The normalized spacial score (nSPS) is 15.7. The lowest BCUT2D eigenvalue weighted by molar-refractivity contribution is 0.205. The molecular formula is C33H31ClFN5O2. The number of nitrogens with zero attached hydrogens (tertiary/aromatic N) is 3. The summed E-state index contributed by atoms with van der Waals surface area (Å²) in [4.78, 5) is 36.3. The van der Waals surface area contributed by atoms with E-state index in [9.17, 15) is 14.0 Å². The smallest absolute Gasteiger partial charge is 0.325 e. The molecule has 42 heavy (non-hydrogen) atoms. The predicted octanol–water partition coefficient (Wildman–Crippen LogP) is 6.01. The first-order chi connectivity index (χ1) is 20.4. The van der Waals surface area contributed by atoms with E-state index in [-0.39, 0.29) is 23.6 Å². The Hall–Kier alpha value is -4.27. The molecule has 9 heteroatoms. The number of anilines is 1. The summed E-state index contributed by atoms with van der Waals surface area (Å²) < 4.78 is 14.0.